The Morgan fingerprint density at radius 1 is 0.286 bits per heavy atom. The van der Waals surface area contributed by atoms with Gasteiger partial charge in [-0.25, -0.2) is 4.98 Å². The predicted molar refractivity (Wildman–Crippen MR) is 314 cm³/mol. The Morgan fingerprint density at radius 3 is 1.19 bits per heavy atom. The van der Waals surface area contributed by atoms with Crippen molar-refractivity contribution < 1.29 is 4.70 Å². The van der Waals surface area contributed by atoms with Gasteiger partial charge >= 0.3 is 0 Å². The Hall–Kier alpha value is -10.2. The summed E-state index contributed by atoms with van der Waals surface area (Å²) < 4.78 is 2.17. The van der Waals surface area contributed by atoms with Gasteiger partial charge in [-0.3, -0.25) is 9.97 Å². The summed E-state index contributed by atoms with van der Waals surface area (Å²) in [6.45, 7) is 0. The maximum atomic E-state index is 5.41. The Balaban J connectivity index is 0.974. The van der Waals surface area contributed by atoms with Crippen molar-refractivity contribution in [1.82, 2.24) is 15.0 Å². The monoisotopic (exact) mass is 982 g/mol. The van der Waals surface area contributed by atoms with Gasteiger partial charge in [0.2, 0.25) is 6.04 Å². The maximum absolute atomic E-state index is 5.41. The molecule has 9 aromatic carbocycles. The lowest BCUT2D eigenvalue weighted by molar-refractivity contribution is -0.536. The molecule has 0 saturated heterocycles. The average Bonchev–Trinajstić information content (AvgIpc) is 4.12. The van der Waals surface area contributed by atoms with Crippen LogP contribution in [0.3, 0.4) is 0 Å². The van der Waals surface area contributed by atoms with Crippen LogP contribution in [-0.4, -0.2) is 19.6 Å². The third kappa shape index (κ3) is 8.37. The van der Waals surface area contributed by atoms with Gasteiger partial charge in [0.15, 0.2) is 0 Å². The van der Waals surface area contributed by atoms with Crippen LogP contribution in [0.1, 0.15) is 11.6 Å². The van der Waals surface area contributed by atoms with E-state index in [1.807, 2.05) is 30.7 Å². The van der Waals surface area contributed by atoms with Gasteiger partial charge in [0.05, 0.1) is 23.2 Å². The van der Waals surface area contributed by atoms with E-state index >= 15 is 0 Å². The first kappa shape index (κ1) is 45.4. The minimum Gasteiger partial charge on any atom is -0.256 e. The van der Waals surface area contributed by atoms with Crippen molar-refractivity contribution in [2.45, 2.75) is 6.04 Å². The zero-order chi connectivity index (χ0) is 51.1. The number of nitrogens with zero attached hydrogens (tertiary/aromatic N) is 5. The van der Waals surface area contributed by atoms with E-state index in [0.29, 0.717) is 0 Å². The molecule has 0 amide bonds. The molecular formula is C72H48N5+. The van der Waals surface area contributed by atoms with E-state index in [2.05, 4.69) is 260 Å². The van der Waals surface area contributed by atoms with Crippen molar-refractivity contribution in [3.63, 3.8) is 0 Å². The highest BCUT2D eigenvalue weighted by Crippen LogP contribution is 2.53. The SMILES string of the molecule is C1=CC2c3ccccc3-c3ncc(-c4ccccc4-c4cc(-c5ccccc5-c5ccc(-c6ccccc6)nc5)cc(-c5ccccc5-c5ccc(-c6ccccc6)nc5)c4)c(-c4ccc(-c5ccccc5)cc4)c3[N+]2=N1. The molecule has 2 aliphatic rings. The van der Waals surface area contributed by atoms with E-state index in [4.69, 9.17) is 20.1 Å². The average molecular weight is 983 g/mol. The summed E-state index contributed by atoms with van der Waals surface area (Å²) in [6.07, 6.45) is 10.2. The van der Waals surface area contributed by atoms with Crippen LogP contribution < -0.4 is 0 Å². The molecule has 1 unspecified atom stereocenters. The van der Waals surface area contributed by atoms with Gasteiger partial charge in [0.25, 0.3) is 5.69 Å². The van der Waals surface area contributed by atoms with Gasteiger partial charge in [-0.05, 0) is 102 Å². The summed E-state index contributed by atoms with van der Waals surface area (Å²) in [5.74, 6) is 0. The van der Waals surface area contributed by atoms with Crippen molar-refractivity contribution in [2.24, 2.45) is 5.11 Å². The smallest absolute Gasteiger partial charge is 0.256 e. The fourth-order valence-electron chi connectivity index (χ4n) is 11.3. The van der Waals surface area contributed by atoms with E-state index < -0.39 is 0 Å². The molecule has 0 N–H and O–H groups in total. The number of aromatic nitrogens is 3. The quantitative estimate of drug-likeness (QED) is 0.128. The van der Waals surface area contributed by atoms with Gasteiger partial charge < -0.3 is 0 Å². The van der Waals surface area contributed by atoms with Crippen molar-refractivity contribution >= 4 is 5.69 Å². The summed E-state index contributed by atoms with van der Waals surface area (Å²) in [4.78, 5) is 15.4. The number of azo groups is 2. The lowest BCUT2D eigenvalue weighted by Crippen LogP contribution is -2.17. The molecule has 0 fully saturated rings. The number of fused-ring (bicyclic) bond motifs is 6. The highest BCUT2D eigenvalue weighted by atomic mass is 15.3. The van der Waals surface area contributed by atoms with Crippen molar-refractivity contribution in [1.29, 1.82) is 0 Å². The van der Waals surface area contributed by atoms with Gasteiger partial charge in [-0.1, -0.05) is 229 Å². The molecule has 5 heterocycles. The first-order valence-electron chi connectivity index (χ1n) is 26.1. The van der Waals surface area contributed by atoms with Crippen LogP contribution in [0.2, 0.25) is 0 Å². The Labute approximate surface area is 448 Å². The first-order valence-corrected chi connectivity index (χ1v) is 26.1. The fourth-order valence-corrected chi connectivity index (χ4v) is 11.3. The lowest BCUT2D eigenvalue weighted by atomic mass is 9.83. The number of hydrogen-bond donors (Lipinski definition) is 0. The molecule has 0 saturated carbocycles. The summed E-state index contributed by atoms with van der Waals surface area (Å²) in [6, 6.07) is 90.8. The largest absolute Gasteiger partial charge is 0.267 e. The maximum Gasteiger partial charge on any atom is 0.267 e. The molecule has 0 bridgehead atoms. The van der Waals surface area contributed by atoms with Gasteiger partial charge in [-0.2, -0.15) is 0 Å². The van der Waals surface area contributed by atoms with E-state index in [0.717, 1.165) is 123 Å². The Kier molecular flexibility index (Phi) is 11.5. The molecule has 5 heteroatoms. The molecular weight excluding hydrogens is 935 g/mol. The molecule has 0 aliphatic carbocycles. The first-order chi connectivity index (χ1) is 38.2. The van der Waals surface area contributed by atoms with Crippen LogP contribution in [0.5, 0.6) is 0 Å². The molecule has 360 valence electrons. The minimum absolute atomic E-state index is 0.0535. The third-order valence-corrected chi connectivity index (χ3v) is 15.0. The van der Waals surface area contributed by atoms with Crippen LogP contribution in [0.25, 0.3) is 123 Å². The standard InChI is InChI=1S/C72H48N5/c1-4-18-48(19-5-1)49-32-34-52(35-33-49)70-66(47-75-71-65-31-17-16-30-64(65)69-40-41-76-77(69)72(70)71)63-29-15-14-28-62(63)57-43-55(60-26-12-10-24-58(60)53-36-38-67(73-45-53)50-20-6-2-7-21-50)42-56(44-57)61-27-13-11-25-59(61)54-37-39-68(74-46-54)51-22-8-3-9-23-51/h1-47,69H/q+1. The Bertz CT molecular complexity index is 4080. The van der Waals surface area contributed by atoms with Crippen molar-refractivity contribution in [3.05, 3.63) is 291 Å². The van der Waals surface area contributed by atoms with Crippen LogP contribution in [0.4, 0.5) is 5.69 Å². The zero-order valence-corrected chi connectivity index (χ0v) is 41.9. The van der Waals surface area contributed by atoms with Gasteiger partial charge in [0.1, 0.15) is 5.69 Å². The van der Waals surface area contributed by atoms with Gasteiger partial charge in [0, 0.05) is 63.6 Å². The number of hydrogen-bond acceptors (Lipinski definition) is 4. The molecule has 12 aromatic rings. The summed E-state index contributed by atoms with van der Waals surface area (Å²) in [5.41, 5.74) is 25.7. The normalized spacial score (nSPS) is 13.1. The van der Waals surface area contributed by atoms with Crippen molar-refractivity contribution in [2.75, 3.05) is 0 Å². The second-order valence-electron chi connectivity index (χ2n) is 19.6. The molecule has 77 heavy (non-hydrogen) atoms. The second kappa shape index (κ2) is 19.6. The summed E-state index contributed by atoms with van der Waals surface area (Å²) in [5, 5.41) is 5.07. The van der Waals surface area contributed by atoms with Crippen molar-refractivity contribution in [3.8, 4) is 123 Å². The van der Waals surface area contributed by atoms with Crippen LogP contribution in [0.15, 0.2) is 291 Å². The zero-order valence-electron chi connectivity index (χ0n) is 41.9. The molecule has 14 rings (SSSR count). The number of pyridine rings is 3. The molecule has 2 aliphatic heterocycles. The molecule has 0 radical (unpaired) electrons. The summed E-state index contributed by atoms with van der Waals surface area (Å²) >= 11 is 0. The topological polar surface area (TPSA) is 54.0 Å². The predicted octanol–water partition coefficient (Wildman–Crippen LogP) is 18.9. The van der Waals surface area contributed by atoms with Crippen LogP contribution in [0, 0.1) is 0 Å². The minimum atomic E-state index is -0.0535. The third-order valence-electron chi connectivity index (χ3n) is 15.0. The number of benzene rings is 9. The summed E-state index contributed by atoms with van der Waals surface area (Å²) in [7, 11) is 0. The molecule has 1 atom stereocenters. The van der Waals surface area contributed by atoms with E-state index in [9.17, 15) is 0 Å². The van der Waals surface area contributed by atoms with E-state index in [-0.39, 0.29) is 6.04 Å². The van der Waals surface area contributed by atoms with Gasteiger partial charge in [-0.15, -0.1) is 0 Å². The molecule has 0 spiro atoms. The highest BCUT2D eigenvalue weighted by Gasteiger charge is 2.42. The fraction of sp³-hybridized carbons (Fsp3) is 0.0139. The van der Waals surface area contributed by atoms with Crippen LogP contribution >= 0.6 is 0 Å². The molecule has 3 aromatic heterocycles. The highest BCUT2D eigenvalue weighted by molar-refractivity contribution is 6.01. The van der Waals surface area contributed by atoms with E-state index in [1.54, 1.807) is 0 Å². The number of rotatable bonds is 10. The second-order valence-corrected chi connectivity index (χ2v) is 19.6. The Morgan fingerprint density at radius 2 is 0.688 bits per heavy atom. The molecule has 5 nitrogen and oxygen atoms in total. The lowest BCUT2D eigenvalue weighted by Gasteiger charge is -2.23. The van der Waals surface area contributed by atoms with E-state index in [1.165, 1.54) is 11.1 Å². The van der Waals surface area contributed by atoms with Crippen LogP contribution in [-0.2, 0) is 0 Å².